The molecule has 0 unspecified atom stereocenters. The molecule has 4 aliphatic rings. The number of fused-ring (bicyclic) bond motifs is 2. The van der Waals surface area contributed by atoms with Crippen LogP contribution < -0.4 is 49.1 Å². The number of rotatable bonds is 32. The zero-order chi connectivity index (χ0) is 41.4. The lowest BCUT2D eigenvalue weighted by Crippen LogP contribution is -2.44. The summed E-state index contributed by atoms with van der Waals surface area (Å²) in [6.45, 7) is 4.67. The maximum Gasteiger partial charge on any atom is 0.234 e. The van der Waals surface area contributed by atoms with Crippen LogP contribution in [0.25, 0.3) is 0 Å². The van der Waals surface area contributed by atoms with E-state index in [9.17, 15) is 19.2 Å². The molecule has 4 heterocycles. The first kappa shape index (κ1) is 47.6. The summed E-state index contributed by atoms with van der Waals surface area (Å²) in [5.41, 5.74) is 17.1. The summed E-state index contributed by atoms with van der Waals surface area (Å²) in [4.78, 5) is 61.0. The van der Waals surface area contributed by atoms with Crippen molar-refractivity contribution in [1.29, 1.82) is 0 Å². The molecule has 0 saturated carbocycles. The first-order valence-corrected chi connectivity index (χ1v) is 23.4. The second-order valence-electron chi connectivity index (χ2n) is 15.3. The quantitative estimate of drug-likeness (QED) is 0.0367. The fourth-order valence-corrected chi connectivity index (χ4v) is 10.5. The van der Waals surface area contributed by atoms with Crippen molar-refractivity contribution in [1.82, 2.24) is 36.8 Å². The summed E-state index contributed by atoms with van der Waals surface area (Å²) in [5.74, 6) is 2.90. The molecule has 0 radical (unpaired) electrons. The van der Waals surface area contributed by atoms with Crippen LogP contribution in [0, 0.1) is 0 Å². The van der Waals surface area contributed by atoms with Crippen LogP contribution in [0.1, 0.15) is 77.0 Å². The zero-order valence-electron chi connectivity index (χ0n) is 34.2. The molecular weight excluding hydrogens is 785 g/mol. The van der Waals surface area contributed by atoms with Crippen LogP contribution in [-0.2, 0) is 28.7 Å². The number of aliphatic imine (C=N–C) groups is 2. The van der Waals surface area contributed by atoms with Crippen LogP contribution >= 0.6 is 23.5 Å². The number of guanidine groups is 2. The Kier molecular flexibility index (Phi) is 22.7. The maximum atomic E-state index is 12.8. The van der Waals surface area contributed by atoms with Gasteiger partial charge in [-0.15, -0.1) is 0 Å². The Balaban J connectivity index is 0.994. The molecule has 58 heavy (non-hydrogen) atoms. The Morgan fingerprint density at radius 2 is 1.05 bits per heavy atom. The van der Waals surface area contributed by atoms with Gasteiger partial charge in [0, 0.05) is 74.1 Å². The largest absolute Gasteiger partial charge is 0.378 e. The fourth-order valence-electron chi connectivity index (χ4n) is 7.43. The average molecular weight is 855 g/mol. The van der Waals surface area contributed by atoms with Gasteiger partial charge >= 0.3 is 0 Å². The second kappa shape index (κ2) is 27.7. The van der Waals surface area contributed by atoms with Crippen molar-refractivity contribution in [2.24, 2.45) is 27.2 Å². The first-order valence-electron chi connectivity index (χ1n) is 21.3. The third-order valence-electron chi connectivity index (χ3n) is 10.5. The summed E-state index contributed by atoms with van der Waals surface area (Å²) < 4.78 is 11.0. The predicted molar refractivity (Wildman–Crippen MR) is 232 cm³/mol. The molecular formula is C38H70N12O6S2. The molecule has 2 fully saturated rings. The van der Waals surface area contributed by atoms with Gasteiger partial charge in [-0.05, 0) is 51.4 Å². The second-order valence-corrected chi connectivity index (χ2v) is 17.8. The third kappa shape index (κ3) is 18.5. The number of amides is 4. The van der Waals surface area contributed by atoms with Gasteiger partial charge in [0.25, 0.3) is 0 Å². The molecule has 4 rings (SSSR count). The van der Waals surface area contributed by atoms with E-state index in [-0.39, 0.29) is 48.8 Å². The zero-order valence-corrected chi connectivity index (χ0v) is 35.8. The Labute approximate surface area is 352 Å². The molecule has 330 valence electrons. The van der Waals surface area contributed by atoms with Crippen molar-refractivity contribution < 1.29 is 28.7 Å². The van der Waals surface area contributed by atoms with Gasteiger partial charge in [-0.25, -0.2) is 9.98 Å². The van der Waals surface area contributed by atoms with Crippen LogP contribution in [0.3, 0.4) is 0 Å². The molecule has 0 spiro atoms. The number of nitrogens with zero attached hydrogens (tertiary/aromatic N) is 3. The average Bonchev–Trinajstić information content (AvgIpc) is 3.96. The van der Waals surface area contributed by atoms with E-state index >= 15 is 0 Å². The number of carbonyl (C=O) groups excluding carboxylic acids is 4. The lowest BCUT2D eigenvalue weighted by Gasteiger charge is -2.21. The Morgan fingerprint density at radius 1 is 0.621 bits per heavy atom. The van der Waals surface area contributed by atoms with Crippen LogP contribution in [0.4, 0.5) is 0 Å². The van der Waals surface area contributed by atoms with Crippen molar-refractivity contribution in [2.75, 3.05) is 90.3 Å². The lowest BCUT2D eigenvalue weighted by atomic mass is 10.0. The number of hydrogen-bond donors (Lipinski definition) is 9. The van der Waals surface area contributed by atoms with Gasteiger partial charge in [-0.1, -0.05) is 12.8 Å². The number of nitrogens with one attached hydrogen (secondary N) is 6. The SMILES string of the molecule is NCCOCCOCCN(CC(=O)NCCCCNC(=O)CCCC[C@@H]1SC[C@@H]2NC(N)=N[C@@H]21)CC(=O)NCCCCNC(=O)CCCC[C@@H]1SC[C@@H]2NC(N)=N[C@@H]21. The molecule has 0 aromatic rings. The van der Waals surface area contributed by atoms with E-state index < -0.39 is 0 Å². The van der Waals surface area contributed by atoms with Crippen molar-refractivity contribution >= 4 is 59.1 Å². The number of carbonyl (C=O) groups is 4. The van der Waals surface area contributed by atoms with Gasteiger partial charge in [-0.3, -0.25) is 24.1 Å². The van der Waals surface area contributed by atoms with Crippen LogP contribution in [-0.4, -0.2) is 165 Å². The van der Waals surface area contributed by atoms with Crippen molar-refractivity contribution in [3.05, 3.63) is 0 Å². The lowest BCUT2D eigenvalue weighted by molar-refractivity contribution is -0.126. The minimum Gasteiger partial charge on any atom is -0.378 e. The van der Waals surface area contributed by atoms with Gasteiger partial charge in [0.15, 0.2) is 11.9 Å². The van der Waals surface area contributed by atoms with E-state index in [1.807, 2.05) is 23.5 Å². The van der Waals surface area contributed by atoms with Gasteiger partial charge in [-0.2, -0.15) is 23.5 Å². The number of hydrogen-bond acceptors (Lipinski definition) is 16. The van der Waals surface area contributed by atoms with Gasteiger partial charge < -0.3 is 58.6 Å². The minimum atomic E-state index is -0.177. The molecule has 0 aliphatic carbocycles. The predicted octanol–water partition coefficient (Wildman–Crippen LogP) is -1.03. The summed E-state index contributed by atoms with van der Waals surface area (Å²) >= 11 is 3.88. The van der Waals surface area contributed by atoms with E-state index in [2.05, 4.69) is 41.9 Å². The first-order chi connectivity index (χ1) is 28.2. The van der Waals surface area contributed by atoms with E-state index in [1.54, 1.807) is 4.90 Å². The molecule has 6 atom stereocenters. The Bertz CT molecular complexity index is 1240. The summed E-state index contributed by atoms with van der Waals surface area (Å²) in [6.07, 6.45) is 9.70. The van der Waals surface area contributed by atoms with Gasteiger partial charge in [0.2, 0.25) is 23.6 Å². The highest BCUT2D eigenvalue weighted by atomic mass is 32.2. The topological polar surface area (TPSA) is 265 Å². The maximum absolute atomic E-state index is 12.8. The molecule has 18 nitrogen and oxygen atoms in total. The summed E-state index contributed by atoms with van der Waals surface area (Å²) in [6, 6.07) is 1.21. The molecule has 0 aromatic carbocycles. The van der Waals surface area contributed by atoms with Gasteiger partial charge in [0.05, 0.1) is 63.7 Å². The Morgan fingerprint density at radius 3 is 1.50 bits per heavy atom. The highest BCUT2D eigenvalue weighted by Crippen LogP contribution is 2.36. The van der Waals surface area contributed by atoms with Crippen LogP contribution in [0.5, 0.6) is 0 Å². The number of thioether (sulfide) groups is 2. The molecule has 12 N–H and O–H groups in total. The molecule has 4 amide bonds. The molecule has 0 aromatic heterocycles. The van der Waals surface area contributed by atoms with Crippen LogP contribution in [0.15, 0.2) is 9.98 Å². The standard InChI is InChI=1S/C38H70N12O6S2/c39-13-19-55-21-22-56-20-18-50(23-33(53)44-16-7-5-14-42-31(51)11-3-1-9-29-35-27(25-57-29)46-37(40)48-35)24-34(54)45-17-8-6-15-43-32(52)12-4-2-10-30-36-28(26-58-30)47-38(41)49-36/h27-30,35-36H,1-26,39H2,(H,42,51)(H,43,52)(H,44,53)(H,45,54)(H3,40,46,48)(H3,41,47,49)/t27-,28-,29-,30-,35-,36-/m0/s1. The normalized spacial score (nSPS) is 23.1. The summed E-state index contributed by atoms with van der Waals surface area (Å²) in [7, 11) is 0. The highest BCUT2D eigenvalue weighted by Gasteiger charge is 2.41. The van der Waals surface area contributed by atoms with Crippen molar-refractivity contribution in [2.45, 2.75) is 112 Å². The van der Waals surface area contributed by atoms with E-state index in [0.29, 0.717) is 113 Å². The summed E-state index contributed by atoms with van der Waals surface area (Å²) in [5, 5.41) is 19.2. The molecule has 2 saturated heterocycles. The van der Waals surface area contributed by atoms with E-state index in [0.717, 1.165) is 75.7 Å². The van der Waals surface area contributed by atoms with Crippen molar-refractivity contribution in [3.8, 4) is 0 Å². The smallest absolute Gasteiger partial charge is 0.234 e. The Hall–Kier alpha value is -3.04. The van der Waals surface area contributed by atoms with E-state index in [1.165, 1.54) is 0 Å². The third-order valence-corrected chi connectivity index (χ3v) is 13.5. The van der Waals surface area contributed by atoms with Crippen molar-refractivity contribution in [3.63, 3.8) is 0 Å². The molecule has 0 bridgehead atoms. The van der Waals surface area contributed by atoms with E-state index in [4.69, 9.17) is 26.7 Å². The number of nitrogens with two attached hydrogens (primary N) is 3. The fraction of sp³-hybridized carbons (Fsp3) is 0.842. The number of unbranched alkanes of at least 4 members (excludes halogenated alkanes) is 4. The molecule has 20 heteroatoms. The minimum absolute atomic E-state index is 0.0539. The van der Waals surface area contributed by atoms with Crippen LogP contribution in [0.2, 0.25) is 0 Å². The van der Waals surface area contributed by atoms with Gasteiger partial charge in [0.1, 0.15) is 0 Å². The highest BCUT2D eigenvalue weighted by molar-refractivity contribution is 8.00. The molecule has 4 aliphatic heterocycles. The monoisotopic (exact) mass is 854 g/mol. The number of ether oxygens (including phenoxy) is 2.